The minimum Gasteiger partial charge on any atom is -0.355 e. The molecule has 1 saturated heterocycles. The number of thiazole rings is 1. The van der Waals surface area contributed by atoms with Gasteiger partial charge in [0.2, 0.25) is 0 Å². The fraction of sp³-hybridized carbons (Fsp3) is 0.385. The van der Waals surface area contributed by atoms with E-state index in [9.17, 15) is 0 Å². The van der Waals surface area contributed by atoms with E-state index in [4.69, 9.17) is 0 Å². The van der Waals surface area contributed by atoms with Crippen molar-refractivity contribution in [1.29, 1.82) is 0 Å². The van der Waals surface area contributed by atoms with Crippen LogP contribution in [-0.4, -0.2) is 55.6 Å². The lowest BCUT2D eigenvalue weighted by Crippen LogP contribution is -2.46. The third-order valence-electron chi connectivity index (χ3n) is 3.76. The molecule has 0 aliphatic carbocycles. The summed E-state index contributed by atoms with van der Waals surface area (Å²) in [5.41, 5.74) is 3.06. The molecule has 4 heterocycles. The van der Waals surface area contributed by atoms with Gasteiger partial charge in [-0.2, -0.15) is 0 Å². The van der Waals surface area contributed by atoms with E-state index in [1.54, 1.807) is 23.9 Å². The predicted molar refractivity (Wildman–Crippen MR) is 80.4 cm³/mol. The molecular formula is C13H15N7S. The molecule has 0 atom stereocenters. The SMILES string of the molecule is c1cc(N2CCN(Cc3cscn3)CC2)n2cnnc2n1. The smallest absolute Gasteiger partial charge is 0.256 e. The topological polar surface area (TPSA) is 62.5 Å². The summed E-state index contributed by atoms with van der Waals surface area (Å²) in [5.74, 6) is 1.76. The Morgan fingerprint density at radius 3 is 2.86 bits per heavy atom. The average molecular weight is 301 g/mol. The Balaban J connectivity index is 1.46. The molecule has 0 saturated carbocycles. The largest absolute Gasteiger partial charge is 0.355 e. The van der Waals surface area contributed by atoms with Crippen molar-refractivity contribution in [3.63, 3.8) is 0 Å². The molecule has 8 heteroatoms. The second-order valence-corrected chi connectivity index (χ2v) is 5.77. The Bertz CT molecular complexity index is 715. The number of anilines is 1. The first kappa shape index (κ1) is 12.7. The van der Waals surface area contributed by atoms with E-state index in [1.165, 1.54) is 5.69 Å². The fourth-order valence-electron chi connectivity index (χ4n) is 2.67. The Labute approximate surface area is 125 Å². The third kappa shape index (κ3) is 2.47. The average Bonchev–Trinajstić information content (AvgIpc) is 3.18. The van der Waals surface area contributed by atoms with E-state index < -0.39 is 0 Å². The number of rotatable bonds is 3. The lowest BCUT2D eigenvalue weighted by molar-refractivity contribution is 0.247. The van der Waals surface area contributed by atoms with Gasteiger partial charge in [0.1, 0.15) is 12.1 Å². The van der Waals surface area contributed by atoms with E-state index in [2.05, 4.69) is 35.3 Å². The van der Waals surface area contributed by atoms with Gasteiger partial charge in [-0.05, 0) is 6.07 Å². The monoisotopic (exact) mass is 301 g/mol. The van der Waals surface area contributed by atoms with Crippen molar-refractivity contribution in [3.05, 3.63) is 35.2 Å². The molecule has 0 bridgehead atoms. The minimum absolute atomic E-state index is 0.650. The van der Waals surface area contributed by atoms with Crippen LogP contribution in [0, 0.1) is 0 Å². The number of aromatic nitrogens is 5. The predicted octanol–water partition coefficient (Wildman–Crippen LogP) is 0.903. The van der Waals surface area contributed by atoms with Crippen LogP contribution in [-0.2, 0) is 6.54 Å². The molecule has 21 heavy (non-hydrogen) atoms. The molecule has 0 aromatic carbocycles. The van der Waals surface area contributed by atoms with Gasteiger partial charge in [-0.3, -0.25) is 9.30 Å². The highest BCUT2D eigenvalue weighted by Crippen LogP contribution is 2.17. The molecular weight excluding hydrogens is 286 g/mol. The van der Waals surface area contributed by atoms with Crippen LogP contribution in [0.3, 0.4) is 0 Å². The maximum absolute atomic E-state index is 4.36. The molecule has 3 aromatic heterocycles. The van der Waals surface area contributed by atoms with Gasteiger partial charge in [-0.1, -0.05) is 0 Å². The zero-order valence-corrected chi connectivity index (χ0v) is 12.3. The van der Waals surface area contributed by atoms with Crippen molar-refractivity contribution in [3.8, 4) is 0 Å². The van der Waals surface area contributed by atoms with Gasteiger partial charge in [0, 0.05) is 44.3 Å². The lowest BCUT2D eigenvalue weighted by Gasteiger charge is -2.35. The Hall–Kier alpha value is -2.06. The van der Waals surface area contributed by atoms with Crippen LogP contribution in [0.2, 0.25) is 0 Å². The van der Waals surface area contributed by atoms with Crippen molar-refractivity contribution in [2.75, 3.05) is 31.1 Å². The van der Waals surface area contributed by atoms with Crippen LogP contribution in [0.5, 0.6) is 0 Å². The summed E-state index contributed by atoms with van der Waals surface area (Å²) in [6.45, 7) is 4.98. The molecule has 0 spiro atoms. The number of nitrogens with zero attached hydrogens (tertiary/aromatic N) is 7. The van der Waals surface area contributed by atoms with Crippen molar-refractivity contribution in [1.82, 2.24) is 29.5 Å². The standard InChI is InChI=1S/C13H15N7S/c1-2-14-13-17-16-9-20(13)12(1)19-5-3-18(4-6-19)7-11-8-21-10-15-11/h1-2,8-10H,3-7H2. The second-order valence-electron chi connectivity index (χ2n) is 5.05. The van der Waals surface area contributed by atoms with Crippen molar-refractivity contribution < 1.29 is 0 Å². The fourth-order valence-corrected chi connectivity index (χ4v) is 3.22. The zero-order chi connectivity index (χ0) is 14.1. The number of piperazine rings is 1. The molecule has 0 N–H and O–H groups in total. The summed E-state index contributed by atoms with van der Waals surface area (Å²) in [7, 11) is 0. The van der Waals surface area contributed by atoms with Crippen LogP contribution in [0.1, 0.15) is 5.69 Å². The van der Waals surface area contributed by atoms with Crippen LogP contribution >= 0.6 is 11.3 Å². The summed E-state index contributed by atoms with van der Waals surface area (Å²) in [6.07, 6.45) is 3.51. The molecule has 1 aliphatic rings. The summed E-state index contributed by atoms with van der Waals surface area (Å²) in [6, 6.07) is 2.02. The molecule has 1 fully saturated rings. The van der Waals surface area contributed by atoms with Crippen molar-refractivity contribution in [2.45, 2.75) is 6.54 Å². The molecule has 1 aliphatic heterocycles. The molecule has 3 aromatic rings. The maximum Gasteiger partial charge on any atom is 0.256 e. The lowest BCUT2D eigenvalue weighted by atomic mass is 10.3. The zero-order valence-electron chi connectivity index (χ0n) is 11.5. The van der Waals surface area contributed by atoms with E-state index in [1.807, 2.05) is 16.0 Å². The first-order chi connectivity index (χ1) is 10.4. The minimum atomic E-state index is 0.650. The van der Waals surface area contributed by atoms with Gasteiger partial charge in [-0.25, -0.2) is 9.97 Å². The maximum atomic E-state index is 4.36. The molecule has 108 valence electrons. The molecule has 7 nitrogen and oxygen atoms in total. The number of fused-ring (bicyclic) bond motifs is 1. The summed E-state index contributed by atoms with van der Waals surface area (Å²) >= 11 is 1.66. The Kier molecular flexibility index (Phi) is 3.24. The van der Waals surface area contributed by atoms with Crippen LogP contribution in [0.15, 0.2) is 29.5 Å². The highest BCUT2D eigenvalue weighted by Gasteiger charge is 2.19. The molecule has 0 radical (unpaired) electrons. The highest BCUT2D eigenvalue weighted by molar-refractivity contribution is 7.07. The molecule has 4 rings (SSSR count). The summed E-state index contributed by atoms with van der Waals surface area (Å²) in [4.78, 5) is 13.4. The van der Waals surface area contributed by atoms with Gasteiger partial charge in [-0.15, -0.1) is 21.5 Å². The van der Waals surface area contributed by atoms with E-state index >= 15 is 0 Å². The summed E-state index contributed by atoms with van der Waals surface area (Å²) < 4.78 is 1.94. The van der Waals surface area contributed by atoms with E-state index in [0.717, 1.165) is 38.5 Å². The van der Waals surface area contributed by atoms with Gasteiger partial charge >= 0.3 is 0 Å². The van der Waals surface area contributed by atoms with Crippen LogP contribution in [0.4, 0.5) is 5.82 Å². The van der Waals surface area contributed by atoms with Gasteiger partial charge in [0.25, 0.3) is 5.78 Å². The van der Waals surface area contributed by atoms with E-state index in [-0.39, 0.29) is 0 Å². The number of hydrogen-bond donors (Lipinski definition) is 0. The first-order valence-electron chi connectivity index (χ1n) is 6.89. The molecule has 0 unspecified atom stereocenters. The normalized spacial score (nSPS) is 16.7. The second kappa shape index (κ2) is 5.38. The third-order valence-corrected chi connectivity index (χ3v) is 4.39. The van der Waals surface area contributed by atoms with Crippen molar-refractivity contribution >= 4 is 22.9 Å². The van der Waals surface area contributed by atoms with Gasteiger partial charge in [0.05, 0.1) is 11.2 Å². The quantitative estimate of drug-likeness (QED) is 0.716. The first-order valence-corrected chi connectivity index (χ1v) is 7.83. The highest BCUT2D eigenvalue weighted by atomic mass is 32.1. The molecule has 0 amide bonds. The summed E-state index contributed by atoms with van der Waals surface area (Å²) in [5, 5.41) is 10.0. The van der Waals surface area contributed by atoms with Crippen LogP contribution < -0.4 is 4.90 Å². The Morgan fingerprint density at radius 1 is 1.14 bits per heavy atom. The van der Waals surface area contributed by atoms with Crippen molar-refractivity contribution in [2.24, 2.45) is 0 Å². The number of hydrogen-bond acceptors (Lipinski definition) is 7. The van der Waals surface area contributed by atoms with E-state index in [0.29, 0.717) is 5.78 Å². The van der Waals surface area contributed by atoms with Gasteiger partial charge in [0.15, 0.2) is 0 Å². The van der Waals surface area contributed by atoms with Crippen LogP contribution in [0.25, 0.3) is 5.78 Å². The Morgan fingerprint density at radius 2 is 2.05 bits per heavy atom. The van der Waals surface area contributed by atoms with Gasteiger partial charge < -0.3 is 4.90 Å².